The van der Waals surface area contributed by atoms with E-state index in [1.54, 1.807) is 6.33 Å². The summed E-state index contributed by atoms with van der Waals surface area (Å²) in [4.78, 5) is 3.81. The highest BCUT2D eigenvalue weighted by atomic mass is 35.7. The summed E-state index contributed by atoms with van der Waals surface area (Å²) >= 11 is 0. The van der Waals surface area contributed by atoms with Crippen LogP contribution in [0.3, 0.4) is 0 Å². The fourth-order valence-corrected chi connectivity index (χ4v) is 2.68. The molecule has 1 aliphatic carbocycles. The summed E-state index contributed by atoms with van der Waals surface area (Å²) in [6.07, 6.45) is 8.95. The van der Waals surface area contributed by atoms with Crippen LogP contribution < -0.4 is 0 Å². The minimum absolute atomic E-state index is 0.0465. The summed E-state index contributed by atoms with van der Waals surface area (Å²) < 4.78 is 23.9. The number of aromatic nitrogens is 2. The molecule has 0 unspecified atom stereocenters. The number of hydrogen-bond acceptors (Lipinski definition) is 3. The summed E-state index contributed by atoms with van der Waals surface area (Å²) in [7, 11) is 1.53. The van der Waals surface area contributed by atoms with E-state index in [4.69, 9.17) is 10.7 Å². The second kappa shape index (κ2) is 4.14. The Morgan fingerprint density at radius 1 is 1.33 bits per heavy atom. The first-order valence-corrected chi connectivity index (χ1v) is 7.36. The van der Waals surface area contributed by atoms with Gasteiger partial charge in [0.15, 0.2) is 5.03 Å². The maximum absolute atomic E-state index is 11.0. The number of halogens is 1. The molecule has 0 amide bonds. The molecule has 0 aromatic carbocycles. The van der Waals surface area contributed by atoms with Gasteiger partial charge in [-0.25, -0.2) is 13.4 Å². The predicted octanol–water partition coefficient (Wildman–Crippen LogP) is 2.32. The largest absolute Gasteiger partial charge is 0.333 e. The zero-order valence-corrected chi connectivity index (χ0v) is 9.84. The maximum Gasteiger partial charge on any atom is 0.280 e. The molecule has 4 nitrogen and oxygen atoms in total. The van der Waals surface area contributed by atoms with Crippen molar-refractivity contribution in [1.82, 2.24) is 9.55 Å². The van der Waals surface area contributed by atoms with E-state index in [0.717, 1.165) is 12.8 Å². The molecule has 0 spiro atoms. The summed E-state index contributed by atoms with van der Waals surface area (Å²) in [5.41, 5.74) is 0. The summed E-state index contributed by atoms with van der Waals surface area (Å²) in [5.74, 6) is 0. The van der Waals surface area contributed by atoms with Crippen molar-refractivity contribution in [2.24, 2.45) is 0 Å². The van der Waals surface area contributed by atoms with Crippen LogP contribution in [0, 0.1) is 0 Å². The minimum atomic E-state index is -3.68. The van der Waals surface area contributed by atoms with E-state index in [1.807, 2.05) is 4.57 Å². The molecule has 1 fully saturated rings. The summed E-state index contributed by atoms with van der Waals surface area (Å²) in [6, 6.07) is 0.387. The lowest BCUT2D eigenvalue weighted by Gasteiger charge is -2.22. The van der Waals surface area contributed by atoms with Crippen molar-refractivity contribution in [1.29, 1.82) is 0 Å². The lowest BCUT2D eigenvalue weighted by atomic mass is 9.95. The van der Waals surface area contributed by atoms with Crippen LogP contribution in [0.1, 0.15) is 38.1 Å². The van der Waals surface area contributed by atoms with Gasteiger partial charge in [0.05, 0.1) is 6.33 Å². The number of rotatable bonds is 2. The molecule has 1 heterocycles. The second-order valence-corrected chi connectivity index (χ2v) is 6.40. The molecule has 15 heavy (non-hydrogen) atoms. The zero-order valence-electron chi connectivity index (χ0n) is 8.26. The summed E-state index contributed by atoms with van der Waals surface area (Å²) in [6.45, 7) is 0. The average Bonchev–Trinajstić information content (AvgIpc) is 2.67. The van der Waals surface area contributed by atoms with Gasteiger partial charge >= 0.3 is 0 Å². The predicted molar refractivity (Wildman–Crippen MR) is 57.4 cm³/mol. The maximum atomic E-state index is 11.0. The molecule has 0 saturated heterocycles. The van der Waals surface area contributed by atoms with Crippen LogP contribution in [0.4, 0.5) is 0 Å². The van der Waals surface area contributed by atoms with Gasteiger partial charge in [-0.2, -0.15) is 0 Å². The second-order valence-electron chi connectivity index (χ2n) is 3.89. The third-order valence-corrected chi connectivity index (χ3v) is 4.01. The normalized spacial score (nSPS) is 19.3. The van der Waals surface area contributed by atoms with Crippen LogP contribution in [0.15, 0.2) is 17.6 Å². The van der Waals surface area contributed by atoms with E-state index in [9.17, 15) is 8.42 Å². The molecule has 84 valence electrons. The van der Waals surface area contributed by atoms with Crippen molar-refractivity contribution in [3.05, 3.63) is 12.5 Å². The molecule has 0 N–H and O–H groups in total. The number of imidazole rings is 1. The minimum Gasteiger partial charge on any atom is -0.333 e. The molecular weight excluding hydrogens is 236 g/mol. The van der Waals surface area contributed by atoms with Crippen molar-refractivity contribution < 1.29 is 8.42 Å². The van der Waals surface area contributed by atoms with Crippen LogP contribution in [0.25, 0.3) is 0 Å². The Kier molecular flexibility index (Phi) is 3.02. The van der Waals surface area contributed by atoms with Gasteiger partial charge in [-0.3, -0.25) is 0 Å². The highest BCUT2D eigenvalue weighted by Crippen LogP contribution is 2.28. The molecule has 0 atom stereocenters. The molecule has 0 bridgehead atoms. The Balaban J connectivity index is 2.19. The van der Waals surface area contributed by atoms with Crippen LogP contribution >= 0.6 is 10.7 Å². The first-order valence-electron chi connectivity index (χ1n) is 5.05. The first-order chi connectivity index (χ1) is 7.07. The van der Waals surface area contributed by atoms with Crippen LogP contribution in [0.5, 0.6) is 0 Å². The number of hydrogen-bond donors (Lipinski definition) is 0. The van der Waals surface area contributed by atoms with Gasteiger partial charge in [0.25, 0.3) is 9.05 Å². The van der Waals surface area contributed by atoms with Gasteiger partial charge < -0.3 is 4.57 Å². The Hall–Kier alpha value is -0.550. The van der Waals surface area contributed by atoms with Gasteiger partial charge in [0.1, 0.15) is 0 Å². The smallest absolute Gasteiger partial charge is 0.280 e. The quantitative estimate of drug-likeness (QED) is 0.755. The molecule has 0 aliphatic heterocycles. The van der Waals surface area contributed by atoms with E-state index >= 15 is 0 Å². The monoisotopic (exact) mass is 248 g/mol. The fraction of sp³-hybridized carbons (Fsp3) is 0.667. The first kappa shape index (κ1) is 11.0. The fourth-order valence-electron chi connectivity index (χ4n) is 2.02. The summed E-state index contributed by atoms with van der Waals surface area (Å²) in [5, 5.41) is -0.0465. The topological polar surface area (TPSA) is 52.0 Å². The molecule has 0 radical (unpaired) electrons. The van der Waals surface area contributed by atoms with E-state index in [0.29, 0.717) is 6.04 Å². The van der Waals surface area contributed by atoms with Gasteiger partial charge in [-0.1, -0.05) is 19.3 Å². The van der Waals surface area contributed by atoms with E-state index in [1.165, 1.54) is 25.5 Å². The molecule has 1 aromatic heterocycles. The highest BCUT2D eigenvalue weighted by molar-refractivity contribution is 8.13. The van der Waals surface area contributed by atoms with Gasteiger partial charge in [0.2, 0.25) is 0 Å². The van der Waals surface area contributed by atoms with Crippen LogP contribution in [-0.2, 0) is 9.05 Å². The zero-order chi connectivity index (χ0) is 10.9. The number of nitrogens with zero attached hydrogens (tertiary/aromatic N) is 2. The van der Waals surface area contributed by atoms with Crippen molar-refractivity contribution in [2.75, 3.05) is 0 Å². The molecule has 2 rings (SSSR count). The standard InChI is InChI=1S/C9H13ClN2O2S/c10-15(13,14)9-6-12(7-11-9)8-4-2-1-3-5-8/h6-8H,1-5H2. The van der Waals surface area contributed by atoms with E-state index < -0.39 is 9.05 Å². The van der Waals surface area contributed by atoms with Gasteiger partial charge in [-0.05, 0) is 12.8 Å². The highest BCUT2D eigenvalue weighted by Gasteiger charge is 2.19. The Morgan fingerprint density at radius 3 is 2.53 bits per heavy atom. The Morgan fingerprint density at radius 2 is 2.00 bits per heavy atom. The molecule has 1 saturated carbocycles. The Labute approximate surface area is 93.7 Å². The SMILES string of the molecule is O=S(=O)(Cl)c1cn(C2CCCCC2)cn1. The molecular formula is C9H13ClN2O2S. The average molecular weight is 249 g/mol. The van der Waals surface area contributed by atoms with Gasteiger partial charge in [-0.15, -0.1) is 0 Å². The third kappa shape index (κ3) is 2.52. The van der Waals surface area contributed by atoms with Gasteiger partial charge in [0, 0.05) is 22.9 Å². The van der Waals surface area contributed by atoms with Crippen molar-refractivity contribution in [3.63, 3.8) is 0 Å². The van der Waals surface area contributed by atoms with E-state index in [2.05, 4.69) is 4.98 Å². The van der Waals surface area contributed by atoms with E-state index in [-0.39, 0.29) is 5.03 Å². The molecule has 1 aromatic rings. The van der Waals surface area contributed by atoms with Crippen LogP contribution in [-0.4, -0.2) is 18.0 Å². The van der Waals surface area contributed by atoms with Crippen LogP contribution in [0.2, 0.25) is 0 Å². The molecule has 6 heteroatoms. The van der Waals surface area contributed by atoms with Crippen molar-refractivity contribution in [3.8, 4) is 0 Å². The molecule has 1 aliphatic rings. The Bertz CT molecular complexity index is 435. The lowest BCUT2D eigenvalue weighted by Crippen LogP contribution is -2.10. The lowest BCUT2D eigenvalue weighted by molar-refractivity contribution is 0.352. The van der Waals surface area contributed by atoms with Crippen molar-refractivity contribution >= 4 is 19.7 Å². The van der Waals surface area contributed by atoms with Crippen molar-refractivity contribution in [2.45, 2.75) is 43.2 Å². The third-order valence-electron chi connectivity index (χ3n) is 2.82.